The summed E-state index contributed by atoms with van der Waals surface area (Å²) in [5.41, 5.74) is 2.41. The van der Waals surface area contributed by atoms with Crippen LogP contribution in [-0.4, -0.2) is 4.98 Å². The standard InChI is InChI=1S/C17H6Cl7N/c18-10-4-14(22)12(20)2-8(10)7-1-16(24)17(25-6-7)9-3-13(21)15(23)5-11(9)19/h1-6H. The van der Waals surface area contributed by atoms with Crippen LogP contribution in [0.5, 0.6) is 0 Å². The molecule has 0 saturated carbocycles. The maximum atomic E-state index is 6.40. The van der Waals surface area contributed by atoms with Gasteiger partial charge in [0.05, 0.1) is 40.9 Å². The fraction of sp³-hybridized carbons (Fsp3) is 0. The summed E-state index contributed by atoms with van der Waals surface area (Å²) in [5, 5.41) is 2.67. The van der Waals surface area contributed by atoms with E-state index in [1.807, 2.05) is 0 Å². The fourth-order valence-corrected chi connectivity index (χ4v) is 3.79. The van der Waals surface area contributed by atoms with E-state index in [4.69, 9.17) is 81.2 Å². The van der Waals surface area contributed by atoms with E-state index < -0.39 is 0 Å². The third-order valence-electron chi connectivity index (χ3n) is 3.43. The zero-order valence-corrected chi connectivity index (χ0v) is 17.3. The molecule has 0 fully saturated rings. The van der Waals surface area contributed by atoms with Crippen molar-refractivity contribution in [3.8, 4) is 22.4 Å². The SMILES string of the molecule is Clc1cc(Cl)c(-c2cnc(-c3cc(Cl)c(Cl)cc3Cl)c(Cl)c2)cc1Cl. The van der Waals surface area contributed by atoms with Crippen LogP contribution >= 0.6 is 81.2 Å². The molecule has 0 aliphatic rings. The largest absolute Gasteiger partial charge is 0.254 e. The van der Waals surface area contributed by atoms with Crippen LogP contribution in [0.25, 0.3) is 22.4 Å². The molecule has 3 aromatic rings. The third-order valence-corrected chi connectivity index (χ3v) is 5.79. The van der Waals surface area contributed by atoms with Crippen LogP contribution in [-0.2, 0) is 0 Å². The zero-order chi connectivity index (χ0) is 18.3. The highest BCUT2D eigenvalue weighted by Crippen LogP contribution is 2.40. The van der Waals surface area contributed by atoms with Gasteiger partial charge in [-0.15, -0.1) is 0 Å². The number of nitrogens with zero attached hydrogens (tertiary/aromatic N) is 1. The second kappa shape index (κ2) is 7.70. The van der Waals surface area contributed by atoms with E-state index in [-0.39, 0.29) is 0 Å². The number of pyridine rings is 1. The lowest BCUT2D eigenvalue weighted by Gasteiger charge is -2.11. The highest BCUT2D eigenvalue weighted by Gasteiger charge is 2.15. The Morgan fingerprint density at radius 3 is 1.52 bits per heavy atom. The van der Waals surface area contributed by atoms with Gasteiger partial charge in [-0.1, -0.05) is 81.2 Å². The normalized spacial score (nSPS) is 11.0. The number of aromatic nitrogens is 1. The molecule has 2 aromatic carbocycles. The summed E-state index contributed by atoms with van der Waals surface area (Å²) in [6.07, 6.45) is 1.62. The molecule has 1 heterocycles. The molecule has 3 rings (SSSR count). The van der Waals surface area contributed by atoms with Crippen molar-refractivity contribution in [2.24, 2.45) is 0 Å². The molecule has 1 nitrogen and oxygen atoms in total. The lowest BCUT2D eigenvalue weighted by atomic mass is 10.1. The smallest absolute Gasteiger partial charge is 0.0904 e. The van der Waals surface area contributed by atoms with Crippen LogP contribution in [0.4, 0.5) is 0 Å². The van der Waals surface area contributed by atoms with Crippen molar-refractivity contribution < 1.29 is 0 Å². The first-order chi connectivity index (χ1) is 11.8. The van der Waals surface area contributed by atoms with Gasteiger partial charge in [0.25, 0.3) is 0 Å². The van der Waals surface area contributed by atoms with Gasteiger partial charge in [0.15, 0.2) is 0 Å². The highest BCUT2D eigenvalue weighted by molar-refractivity contribution is 6.45. The first-order valence-electron chi connectivity index (χ1n) is 6.73. The van der Waals surface area contributed by atoms with Gasteiger partial charge in [0, 0.05) is 22.9 Å². The van der Waals surface area contributed by atoms with Crippen molar-refractivity contribution in [3.63, 3.8) is 0 Å². The number of hydrogen-bond acceptors (Lipinski definition) is 1. The van der Waals surface area contributed by atoms with Crippen LogP contribution in [0.3, 0.4) is 0 Å². The van der Waals surface area contributed by atoms with Crippen LogP contribution in [0, 0.1) is 0 Å². The average Bonchev–Trinajstić information content (AvgIpc) is 2.55. The molecule has 0 N–H and O–H groups in total. The van der Waals surface area contributed by atoms with E-state index in [0.717, 1.165) is 0 Å². The van der Waals surface area contributed by atoms with E-state index >= 15 is 0 Å². The lowest BCUT2D eigenvalue weighted by molar-refractivity contribution is 1.32. The lowest BCUT2D eigenvalue weighted by Crippen LogP contribution is -1.90. The van der Waals surface area contributed by atoms with Crippen LogP contribution < -0.4 is 0 Å². The summed E-state index contributed by atoms with van der Waals surface area (Å²) >= 11 is 42.9. The van der Waals surface area contributed by atoms with Gasteiger partial charge in [-0.2, -0.15) is 0 Å². The van der Waals surface area contributed by atoms with Crippen molar-refractivity contribution >= 4 is 81.2 Å². The van der Waals surface area contributed by atoms with E-state index in [1.54, 1.807) is 36.5 Å². The Hall–Kier alpha value is -0.380. The molecular weight excluding hydrogens is 466 g/mol. The van der Waals surface area contributed by atoms with Crippen molar-refractivity contribution in [2.45, 2.75) is 0 Å². The van der Waals surface area contributed by atoms with Gasteiger partial charge in [-0.3, -0.25) is 4.98 Å². The van der Waals surface area contributed by atoms with Gasteiger partial charge in [-0.25, -0.2) is 0 Å². The summed E-state index contributed by atoms with van der Waals surface area (Å²) in [5.74, 6) is 0. The van der Waals surface area contributed by atoms with Crippen molar-refractivity contribution in [1.29, 1.82) is 0 Å². The zero-order valence-electron chi connectivity index (χ0n) is 12.1. The van der Waals surface area contributed by atoms with Crippen LogP contribution in [0.1, 0.15) is 0 Å². The predicted molar refractivity (Wildman–Crippen MR) is 110 cm³/mol. The average molecular weight is 472 g/mol. The Balaban J connectivity index is 2.11. The Bertz CT molecular complexity index is 985. The Kier molecular flexibility index (Phi) is 5.97. The molecular formula is C17H6Cl7N. The molecule has 0 radical (unpaired) electrons. The maximum absolute atomic E-state index is 6.40. The van der Waals surface area contributed by atoms with Crippen LogP contribution in [0.15, 0.2) is 36.5 Å². The number of rotatable bonds is 2. The third kappa shape index (κ3) is 3.99. The Morgan fingerprint density at radius 1 is 0.480 bits per heavy atom. The minimum absolute atomic E-state index is 0.353. The molecule has 0 amide bonds. The quantitative estimate of drug-likeness (QED) is 0.339. The molecule has 8 heteroatoms. The summed E-state index contributed by atoms with van der Waals surface area (Å²) in [6.45, 7) is 0. The van der Waals surface area contributed by atoms with Crippen molar-refractivity contribution in [2.75, 3.05) is 0 Å². The summed E-state index contributed by atoms with van der Waals surface area (Å²) in [7, 11) is 0. The number of hydrogen-bond donors (Lipinski definition) is 0. The second-order valence-electron chi connectivity index (χ2n) is 5.05. The van der Waals surface area contributed by atoms with E-state index in [1.165, 1.54) is 0 Å². The molecule has 25 heavy (non-hydrogen) atoms. The molecule has 0 aliphatic heterocycles. The molecule has 0 aliphatic carbocycles. The molecule has 0 bridgehead atoms. The van der Waals surface area contributed by atoms with Crippen LogP contribution in [0.2, 0.25) is 35.2 Å². The molecule has 1 aromatic heterocycles. The predicted octanol–water partition coefficient (Wildman–Crippen LogP) is 8.99. The molecule has 0 saturated heterocycles. The van der Waals surface area contributed by atoms with Crippen molar-refractivity contribution in [1.82, 2.24) is 4.98 Å². The van der Waals surface area contributed by atoms with Crippen molar-refractivity contribution in [3.05, 3.63) is 71.7 Å². The summed E-state index contributed by atoms with van der Waals surface area (Å²) < 4.78 is 0. The Labute approximate surface area is 179 Å². The summed E-state index contributed by atoms with van der Waals surface area (Å²) in [6, 6.07) is 8.10. The van der Waals surface area contributed by atoms with E-state index in [0.29, 0.717) is 57.5 Å². The van der Waals surface area contributed by atoms with Gasteiger partial charge in [-0.05, 0) is 30.3 Å². The fourth-order valence-electron chi connectivity index (χ4n) is 2.23. The first-order valence-corrected chi connectivity index (χ1v) is 9.38. The monoisotopic (exact) mass is 469 g/mol. The van der Waals surface area contributed by atoms with E-state index in [2.05, 4.69) is 4.98 Å². The van der Waals surface area contributed by atoms with Gasteiger partial charge in [0.2, 0.25) is 0 Å². The Morgan fingerprint density at radius 2 is 0.960 bits per heavy atom. The first kappa shape index (κ1) is 19.4. The van der Waals surface area contributed by atoms with E-state index in [9.17, 15) is 0 Å². The molecule has 0 unspecified atom stereocenters. The minimum atomic E-state index is 0.353. The molecule has 0 spiro atoms. The second-order valence-corrected chi connectivity index (χ2v) is 7.90. The molecule has 0 atom stereocenters. The number of benzene rings is 2. The summed E-state index contributed by atoms with van der Waals surface area (Å²) in [4.78, 5) is 4.40. The minimum Gasteiger partial charge on any atom is -0.254 e. The molecule has 128 valence electrons. The topological polar surface area (TPSA) is 12.9 Å². The van der Waals surface area contributed by atoms with Gasteiger partial charge in [0.1, 0.15) is 0 Å². The van der Waals surface area contributed by atoms with Gasteiger partial charge < -0.3 is 0 Å². The maximum Gasteiger partial charge on any atom is 0.0904 e. The number of halogens is 7. The highest BCUT2D eigenvalue weighted by atomic mass is 35.5. The van der Waals surface area contributed by atoms with Gasteiger partial charge >= 0.3 is 0 Å².